The fraction of sp³-hybridized carbons (Fsp3) is 0.500. The van der Waals surface area contributed by atoms with Crippen molar-refractivity contribution in [1.82, 2.24) is 4.90 Å². The third kappa shape index (κ3) is 13.9. The van der Waals surface area contributed by atoms with Crippen LogP contribution in [-0.2, 0) is 9.59 Å². The number of benzene rings is 1. The summed E-state index contributed by atoms with van der Waals surface area (Å²) in [6, 6.07) is 7.19. The molecule has 0 aliphatic carbocycles. The number of aliphatic carboxylic acids is 2. The van der Waals surface area contributed by atoms with Crippen molar-refractivity contribution in [3.63, 3.8) is 0 Å². The highest BCUT2D eigenvalue weighted by atomic mass is 32.2. The number of aliphatic hydroxyl groups is 3. The van der Waals surface area contributed by atoms with E-state index in [9.17, 15) is 9.59 Å². The van der Waals surface area contributed by atoms with Gasteiger partial charge >= 0.3 is 11.9 Å². The Bertz CT molecular complexity index is 484. The van der Waals surface area contributed by atoms with E-state index in [1.165, 1.54) is 23.5 Å². The maximum absolute atomic E-state index is 10.4. The molecule has 0 saturated heterocycles. The lowest BCUT2D eigenvalue weighted by atomic mass is 10.4. The normalized spacial score (nSPS) is 10.3. The van der Waals surface area contributed by atoms with Gasteiger partial charge in [-0.1, -0.05) is 6.07 Å². The van der Waals surface area contributed by atoms with Crippen molar-refractivity contribution < 1.29 is 35.1 Å². The second-order valence-electron chi connectivity index (χ2n) is 4.85. The molecule has 8 nitrogen and oxygen atoms in total. The van der Waals surface area contributed by atoms with Gasteiger partial charge in [0.25, 0.3) is 0 Å². The number of rotatable bonds is 12. The van der Waals surface area contributed by atoms with Crippen molar-refractivity contribution in [2.75, 3.05) is 51.0 Å². The van der Waals surface area contributed by atoms with E-state index >= 15 is 0 Å². The van der Waals surface area contributed by atoms with Crippen LogP contribution in [0.1, 0.15) is 0 Å². The molecular formula is C16H25NO7S2. The maximum Gasteiger partial charge on any atom is 0.313 e. The van der Waals surface area contributed by atoms with E-state index in [-0.39, 0.29) is 31.3 Å². The van der Waals surface area contributed by atoms with E-state index in [0.29, 0.717) is 19.6 Å². The van der Waals surface area contributed by atoms with Crippen LogP contribution in [0, 0.1) is 0 Å². The summed E-state index contributed by atoms with van der Waals surface area (Å²) in [7, 11) is 0. The molecule has 0 bridgehead atoms. The highest BCUT2D eigenvalue weighted by molar-refractivity contribution is 8.00. The van der Waals surface area contributed by atoms with Gasteiger partial charge in [0.05, 0.1) is 31.3 Å². The van der Waals surface area contributed by atoms with Crippen molar-refractivity contribution in [3.8, 4) is 0 Å². The first-order valence-electron chi connectivity index (χ1n) is 7.77. The van der Waals surface area contributed by atoms with Crippen LogP contribution in [0.4, 0.5) is 0 Å². The molecule has 0 aliphatic rings. The summed E-state index contributed by atoms with van der Waals surface area (Å²) in [4.78, 5) is 24.2. The van der Waals surface area contributed by atoms with Crippen LogP contribution in [0.25, 0.3) is 0 Å². The number of carboxylic acids is 2. The minimum atomic E-state index is -0.867. The minimum Gasteiger partial charge on any atom is -0.481 e. The standard InChI is InChI=1S/C10H10O4S2.C6H15NO3/c11-9(12)5-15-7-2-1-3-8(4-7)16-6-10(13)14;8-4-1-7(2-5-9)3-6-10/h1-4H,5-6H2,(H,11,12)(H,13,14);8-10H,1-6H2. The van der Waals surface area contributed by atoms with Crippen LogP contribution in [0.3, 0.4) is 0 Å². The predicted molar refractivity (Wildman–Crippen MR) is 101 cm³/mol. The number of thioether (sulfide) groups is 2. The van der Waals surface area contributed by atoms with E-state index in [4.69, 9.17) is 25.5 Å². The van der Waals surface area contributed by atoms with Crippen LogP contribution in [-0.4, -0.2) is 93.3 Å². The van der Waals surface area contributed by atoms with E-state index in [1.807, 2.05) is 0 Å². The van der Waals surface area contributed by atoms with Gasteiger partial charge in [0.2, 0.25) is 0 Å². The van der Waals surface area contributed by atoms with Crippen molar-refractivity contribution in [1.29, 1.82) is 0 Å². The largest absolute Gasteiger partial charge is 0.481 e. The lowest BCUT2D eigenvalue weighted by molar-refractivity contribution is -0.134. The first-order chi connectivity index (χ1) is 12.4. The summed E-state index contributed by atoms with van der Waals surface area (Å²) < 4.78 is 0. The smallest absolute Gasteiger partial charge is 0.313 e. The third-order valence-corrected chi connectivity index (χ3v) is 4.74. The van der Waals surface area contributed by atoms with Crippen LogP contribution < -0.4 is 0 Å². The molecule has 0 amide bonds. The molecule has 5 N–H and O–H groups in total. The maximum atomic E-state index is 10.4. The second kappa shape index (κ2) is 15.9. The molecule has 1 aromatic carbocycles. The molecule has 0 unspecified atom stereocenters. The molecule has 0 aliphatic heterocycles. The van der Waals surface area contributed by atoms with Crippen molar-refractivity contribution in [2.45, 2.75) is 9.79 Å². The topological polar surface area (TPSA) is 139 Å². The summed E-state index contributed by atoms with van der Waals surface area (Å²) in [5.41, 5.74) is 0. The quantitative estimate of drug-likeness (QED) is 0.308. The number of nitrogens with zero attached hydrogens (tertiary/aromatic N) is 1. The second-order valence-corrected chi connectivity index (χ2v) is 6.95. The van der Waals surface area contributed by atoms with Gasteiger partial charge < -0.3 is 25.5 Å². The van der Waals surface area contributed by atoms with Gasteiger partial charge in [-0.2, -0.15) is 0 Å². The summed E-state index contributed by atoms with van der Waals surface area (Å²) >= 11 is 2.43. The van der Waals surface area contributed by atoms with Gasteiger partial charge in [-0.25, -0.2) is 0 Å². The molecular weight excluding hydrogens is 382 g/mol. The van der Waals surface area contributed by atoms with Crippen molar-refractivity contribution >= 4 is 35.5 Å². The zero-order valence-corrected chi connectivity index (χ0v) is 15.9. The molecule has 0 saturated carbocycles. The predicted octanol–water partition coefficient (Wildman–Crippen LogP) is 0.305. The lowest BCUT2D eigenvalue weighted by Gasteiger charge is -2.17. The molecule has 0 fully saturated rings. The summed E-state index contributed by atoms with van der Waals surface area (Å²) in [5.74, 6) is -1.72. The average Bonchev–Trinajstić information content (AvgIpc) is 2.60. The molecule has 26 heavy (non-hydrogen) atoms. The number of carbonyl (C=O) groups is 2. The Morgan fingerprint density at radius 1 is 0.808 bits per heavy atom. The van der Waals surface area contributed by atoms with Crippen molar-refractivity contribution in [2.24, 2.45) is 0 Å². The molecule has 1 aromatic rings. The van der Waals surface area contributed by atoms with E-state index < -0.39 is 11.9 Å². The molecule has 0 radical (unpaired) electrons. The molecule has 148 valence electrons. The molecule has 0 heterocycles. The number of aliphatic hydroxyl groups excluding tert-OH is 3. The Kier molecular flexibility index (Phi) is 15.1. The number of hydrogen-bond donors (Lipinski definition) is 5. The Morgan fingerprint density at radius 3 is 1.50 bits per heavy atom. The molecule has 0 aromatic heterocycles. The summed E-state index contributed by atoms with van der Waals surface area (Å²) in [6.07, 6.45) is 0. The van der Waals surface area contributed by atoms with Crippen molar-refractivity contribution in [3.05, 3.63) is 24.3 Å². The van der Waals surface area contributed by atoms with Crippen LogP contribution in [0.15, 0.2) is 34.1 Å². The van der Waals surface area contributed by atoms with Gasteiger partial charge in [-0.05, 0) is 18.2 Å². The Labute approximate surface area is 160 Å². The fourth-order valence-electron chi connectivity index (χ4n) is 1.70. The van der Waals surface area contributed by atoms with E-state index in [2.05, 4.69) is 0 Å². The SMILES string of the molecule is O=C(O)CSc1cccc(SCC(=O)O)c1.OCCN(CCO)CCO. The van der Waals surface area contributed by atoms with E-state index in [0.717, 1.165) is 9.79 Å². The third-order valence-electron chi connectivity index (χ3n) is 2.78. The number of carboxylic acid groups (broad SMARTS) is 2. The lowest BCUT2D eigenvalue weighted by Crippen LogP contribution is -2.32. The molecule has 1 rings (SSSR count). The van der Waals surface area contributed by atoms with E-state index in [1.54, 1.807) is 29.2 Å². The zero-order valence-electron chi connectivity index (χ0n) is 14.3. The Morgan fingerprint density at radius 2 is 1.19 bits per heavy atom. The van der Waals surface area contributed by atoms with Gasteiger partial charge in [0.1, 0.15) is 0 Å². The van der Waals surface area contributed by atoms with Crippen LogP contribution in [0.2, 0.25) is 0 Å². The van der Waals surface area contributed by atoms with Crippen LogP contribution in [0.5, 0.6) is 0 Å². The van der Waals surface area contributed by atoms with Crippen LogP contribution >= 0.6 is 23.5 Å². The first-order valence-corrected chi connectivity index (χ1v) is 9.74. The molecule has 0 spiro atoms. The summed E-state index contributed by atoms with van der Waals surface area (Å²) in [5, 5.41) is 42.5. The highest BCUT2D eigenvalue weighted by Crippen LogP contribution is 2.24. The minimum absolute atomic E-state index is 0.00699. The molecule has 10 heteroatoms. The average molecular weight is 408 g/mol. The number of hydrogen-bond acceptors (Lipinski definition) is 8. The fourth-order valence-corrected chi connectivity index (χ4v) is 3.13. The summed E-state index contributed by atoms with van der Waals surface area (Å²) in [6.45, 7) is 1.75. The van der Waals surface area contributed by atoms with Gasteiger partial charge in [0.15, 0.2) is 0 Å². The monoisotopic (exact) mass is 407 g/mol. The van der Waals surface area contributed by atoms with Gasteiger partial charge in [-0.15, -0.1) is 23.5 Å². The Hall–Kier alpha value is -1.30. The zero-order chi connectivity index (χ0) is 19.8. The first kappa shape index (κ1) is 24.7. The van der Waals surface area contributed by atoms with Gasteiger partial charge in [-0.3, -0.25) is 14.5 Å². The highest BCUT2D eigenvalue weighted by Gasteiger charge is 2.03. The van der Waals surface area contributed by atoms with Gasteiger partial charge in [0, 0.05) is 29.4 Å². The Balaban J connectivity index is 0.000000541. The molecule has 0 atom stereocenters.